The molecule has 1 atom stereocenters. The van der Waals surface area contributed by atoms with Crippen LogP contribution in [0.1, 0.15) is 24.8 Å². The van der Waals surface area contributed by atoms with Gasteiger partial charge in [0, 0.05) is 6.42 Å². The van der Waals surface area contributed by atoms with Gasteiger partial charge in [-0.1, -0.05) is 12.1 Å². The van der Waals surface area contributed by atoms with E-state index in [0.717, 1.165) is 19.3 Å². The van der Waals surface area contributed by atoms with Crippen molar-refractivity contribution in [1.29, 1.82) is 0 Å². The Morgan fingerprint density at radius 2 is 1.83 bits per heavy atom. The second-order valence-corrected chi connectivity index (χ2v) is 5.20. The zero-order chi connectivity index (χ0) is 17.9. The highest BCUT2D eigenvalue weighted by Crippen LogP contribution is 2.16. The fourth-order valence-electron chi connectivity index (χ4n) is 2.11. The summed E-state index contributed by atoms with van der Waals surface area (Å²) >= 11 is 0. The first-order valence-corrected chi connectivity index (χ1v) is 7.60. The number of aliphatic carboxylic acids is 1. The van der Waals surface area contributed by atoms with Crippen LogP contribution in [0.2, 0.25) is 0 Å². The molecular formula is C16H22N2O6. The minimum atomic E-state index is -1.60. The molecule has 0 heterocycles. The van der Waals surface area contributed by atoms with Crippen LogP contribution in [0, 0.1) is 0 Å². The fraction of sp³-hybridized carbons (Fsp3) is 0.438. The second kappa shape index (κ2) is 10.2. The standard InChI is InChI=1S/C16H22N2O6/c17-8-2-1-3-9-24-13-6-4-12(5-7-13)10-14(15(20)21)18(11-19)16(22)23/h4-7,11,14H,1-3,8-10,17H2,(H,20,21)(H,22,23)/t14-/m1/s1. The third-order valence-electron chi connectivity index (χ3n) is 3.42. The van der Waals surface area contributed by atoms with Crippen LogP contribution in [0.4, 0.5) is 4.79 Å². The highest BCUT2D eigenvalue weighted by atomic mass is 16.5. The van der Waals surface area contributed by atoms with E-state index in [1.807, 2.05) is 0 Å². The first kappa shape index (κ1) is 19.4. The van der Waals surface area contributed by atoms with Crippen LogP contribution < -0.4 is 10.5 Å². The number of rotatable bonds is 11. The normalized spacial score (nSPS) is 11.5. The zero-order valence-corrected chi connectivity index (χ0v) is 13.3. The van der Waals surface area contributed by atoms with Crippen molar-refractivity contribution in [3.05, 3.63) is 29.8 Å². The van der Waals surface area contributed by atoms with Crippen LogP contribution in [0.15, 0.2) is 24.3 Å². The van der Waals surface area contributed by atoms with Crippen LogP contribution in [-0.4, -0.2) is 52.8 Å². The van der Waals surface area contributed by atoms with Gasteiger partial charge in [-0.05, 0) is 43.5 Å². The van der Waals surface area contributed by atoms with E-state index in [9.17, 15) is 14.4 Å². The van der Waals surface area contributed by atoms with E-state index < -0.39 is 18.1 Å². The molecule has 0 unspecified atom stereocenters. The number of hydrogen-bond donors (Lipinski definition) is 3. The van der Waals surface area contributed by atoms with Crippen molar-refractivity contribution in [2.24, 2.45) is 5.73 Å². The first-order chi connectivity index (χ1) is 11.5. The quantitative estimate of drug-likeness (QED) is 0.410. The molecule has 0 aliphatic carbocycles. The molecule has 0 aliphatic heterocycles. The first-order valence-electron chi connectivity index (χ1n) is 7.60. The molecule has 0 aliphatic rings. The lowest BCUT2D eigenvalue weighted by atomic mass is 10.1. The summed E-state index contributed by atoms with van der Waals surface area (Å²) in [5.41, 5.74) is 5.99. The summed E-state index contributed by atoms with van der Waals surface area (Å²) in [6.45, 7) is 1.22. The molecule has 0 bridgehead atoms. The lowest BCUT2D eigenvalue weighted by Crippen LogP contribution is -2.44. The lowest BCUT2D eigenvalue weighted by Gasteiger charge is -2.20. The van der Waals surface area contributed by atoms with Crippen molar-refractivity contribution in [1.82, 2.24) is 4.90 Å². The van der Waals surface area contributed by atoms with E-state index in [0.29, 0.717) is 24.5 Å². The number of hydrogen-bond acceptors (Lipinski definition) is 5. The van der Waals surface area contributed by atoms with E-state index in [-0.39, 0.29) is 17.7 Å². The lowest BCUT2D eigenvalue weighted by molar-refractivity contribution is -0.145. The molecule has 24 heavy (non-hydrogen) atoms. The predicted molar refractivity (Wildman–Crippen MR) is 85.9 cm³/mol. The van der Waals surface area contributed by atoms with E-state index >= 15 is 0 Å². The molecule has 1 rings (SSSR count). The Hall–Kier alpha value is -2.61. The minimum Gasteiger partial charge on any atom is -0.494 e. The fourth-order valence-corrected chi connectivity index (χ4v) is 2.11. The molecule has 0 saturated carbocycles. The molecule has 0 aromatic heterocycles. The van der Waals surface area contributed by atoms with Crippen molar-refractivity contribution in [2.45, 2.75) is 31.7 Å². The summed E-state index contributed by atoms with van der Waals surface area (Å²) in [5, 5.41) is 18.0. The molecule has 2 amide bonds. The average molecular weight is 338 g/mol. The summed E-state index contributed by atoms with van der Waals surface area (Å²) in [5.74, 6) is -0.742. The predicted octanol–water partition coefficient (Wildman–Crippen LogP) is 1.33. The third kappa shape index (κ3) is 6.25. The summed E-state index contributed by atoms with van der Waals surface area (Å²) < 4.78 is 5.55. The topological polar surface area (TPSA) is 130 Å². The Bertz CT molecular complexity index is 546. The molecule has 132 valence electrons. The van der Waals surface area contributed by atoms with E-state index in [4.69, 9.17) is 20.7 Å². The molecule has 0 saturated heterocycles. The number of nitrogens with two attached hydrogens (primary N) is 1. The maximum Gasteiger partial charge on any atom is 0.414 e. The number of carbonyl (C=O) groups excluding carboxylic acids is 1. The van der Waals surface area contributed by atoms with Crippen LogP contribution >= 0.6 is 0 Å². The van der Waals surface area contributed by atoms with E-state index in [1.54, 1.807) is 24.3 Å². The van der Waals surface area contributed by atoms with Crippen molar-refractivity contribution < 1.29 is 29.3 Å². The Morgan fingerprint density at radius 3 is 2.33 bits per heavy atom. The second-order valence-electron chi connectivity index (χ2n) is 5.20. The number of ether oxygens (including phenoxy) is 1. The molecule has 0 spiro atoms. The van der Waals surface area contributed by atoms with Gasteiger partial charge in [-0.3, -0.25) is 4.79 Å². The van der Waals surface area contributed by atoms with Crippen molar-refractivity contribution >= 4 is 18.5 Å². The van der Waals surface area contributed by atoms with E-state index in [1.165, 1.54) is 0 Å². The summed E-state index contributed by atoms with van der Waals surface area (Å²) in [4.78, 5) is 33.1. The number of amides is 2. The number of unbranched alkanes of at least 4 members (excludes halogenated alkanes) is 2. The Labute approximate surface area is 139 Å². The third-order valence-corrected chi connectivity index (χ3v) is 3.42. The van der Waals surface area contributed by atoms with Crippen LogP contribution in [-0.2, 0) is 16.0 Å². The van der Waals surface area contributed by atoms with Gasteiger partial charge in [-0.25, -0.2) is 14.5 Å². The summed E-state index contributed by atoms with van der Waals surface area (Å²) in [7, 11) is 0. The van der Waals surface area contributed by atoms with Gasteiger partial charge >= 0.3 is 12.1 Å². The molecule has 8 nitrogen and oxygen atoms in total. The van der Waals surface area contributed by atoms with Crippen LogP contribution in [0.3, 0.4) is 0 Å². The van der Waals surface area contributed by atoms with Gasteiger partial charge in [0.1, 0.15) is 11.8 Å². The molecule has 0 radical (unpaired) electrons. The van der Waals surface area contributed by atoms with Crippen molar-refractivity contribution in [2.75, 3.05) is 13.2 Å². The SMILES string of the molecule is NCCCCCOc1ccc(C[C@H](C(=O)O)N(C=O)C(=O)O)cc1. The number of benzene rings is 1. The number of carboxylic acids is 1. The number of carboxylic acid groups (broad SMARTS) is 2. The maximum atomic E-state index is 11.2. The van der Waals surface area contributed by atoms with Gasteiger partial charge in [0.2, 0.25) is 6.41 Å². The van der Waals surface area contributed by atoms with Crippen LogP contribution in [0.5, 0.6) is 5.75 Å². The molecule has 1 aromatic rings. The number of nitrogens with zero attached hydrogens (tertiary/aromatic N) is 1. The van der Waals surface area contributed by atoms with Crippen molar-refractivity contribution in [3.8, 4) is 5.75 Å². The number of carbonyl (C=O) groups is 3. The van der Waals surface area contributed by atoms with Gasteiger partial charge < -0.3 is 20.7 Å². The monoisotopic (exact) mass is 338 g/mol. The highest BCUT2D eigenvalue weighted by Gasteiger charge is 2.29. The highest BCUT2D eigenvalue weighted by molar-refractivity contribution is 5.87. The summed E-state index contributed by atoms with van der Waals surface area (Å²) in [6, 6.07) is 5.20. The van der Waals surface area contributed by atoms with Gasteiger partial charge in [0.05, 0.1) is 6.61 Å². The molecule has 1 aromatic carbocycles. The smallest absolute Gasteiger partial charge is 0.414 e. The molecule has 0 fully saturated rings. The van der Waals surface area contributed by atoms with E-state index in [2.05, 4.69) is 0 Å². The zero-order valence-electron chi connectivity index (χ0n) is 13.3. The number of imide groups is 1. The van der Waals surface area contributed by atoms with Gasteiger partial charge in [-0.15, -0.1) is 0 Å². The largest absolute Gasteiger partial charge is 0.494 e. The minimum absolute atomic E-state index is 0.0000572. The van der Waals surface area contributed by atoms with Gasteiger partial charge in [-0.2, -0.15) is 0 Å². The van der Waals surface area contributed by atoms with Crippen molar-refractivity contribution in [3.63, 3.8) is 0 Å². The van der Waals surface area contributed by atoms with Crippen LogP contribution in [0.25, 0.3) is 0 Å². The average Bonchev–Trinajstić information content (AvgIpc) is 2.55. The van der Waals surface area contributed by atoms with Gasteiger partial charge in [0.15, 0.2) is 0 Å². The molecule has 4 N–H and O–H groups in total. The maximum absolute atomic E-state index is 11.2. The Kier molecular flexibility index (Phi) is 8.28. The van der Waals surface area contributed by atoms with Gasteiger partial charge in [0.25, 0.3) is 0 Å². The molecule has 8 heteroatoms. The Balaban J connectivity index is 2.62. The summed E-state index contributed by atoms with van der Waals surface area (Å²) in [6.07, 6.45) is 1.13. The molecular weight excluding hydrogens is 316 g/mol. The Morgan fingerprint density at radius 1 is 1.17 bits per heavy atom.